The Morgan fingerprint density at radius 1 is 1.09 bits per heavy atom. The molecule has 0 spiro atoms. The van der Waals surface area contributed by atoms with Gasteiger partial charge >= 0.3 is 17.9 Å². The molecule has 3 fully saturated rings. The first-order valence-electron chi connectivity index (χ1n) is 12.4. The zero-order valence-electron chi connectivity index (χ0n) is 21.8. The molecule has 3 aliphatic rings. The molecule has 2 saturated heterocycles. The van der Waals surface area contributed by atoms with E-state index in [4.69, 9.17) is 18.9 Å². The fraction of sp³-hybridized carbons (Fsp3) is 0.808. The quantitative estimate of drug-likeness (QED) is 0.342. The number of esters is 3. The first kappa shape index (κ1) is 27.6. The number of hydrogen-bond acceptors (Lipinski definition) is 9. The van der Waals surface area contributed by atoms with Gasteiger partial charge in [-0.1, -0.05) is 20.4 Å². The predicted octanol–water partition coefficient (Wildman–Crippen LogP) is 2.31. The minimum atomic E-state index is -1.86. The Kier molecular flexibility index (Phi) is 7.75. The van der Waals surface area contributed by atoms with Crippen molar-refractivity contribution in [2.75, 3.05) is 0 Å². The predicted molar refractivity (Wildman–Crippen MR) is 125 cm³/mol. The van der Waals surface area contributed by atoms with Gasteiger partial charge in [-0.3, -0.25) is 14.4 Å². The number of carbonyl (C=O) groups is 3. The van der Waals surface area contributed by atoms with Gasteiger partial charge in [0.05, 0.1) is 6.10 Å². The van der Waals surface area contributed by atoms with E-state index in [1.807, 2.05) is 0 Å². The molecule has 0 amide bonds. The van der Waals surface area contributed by atoms with Crippen LogP contribution in [0, 0.1) is 23.7 Å². The van der Waals surface area contributed by atoms with E-state index in [1.165, 1.54) is 27.7 Å². The van der Waals surface area contributed by atoms with Crippen LogP contribution < -0.4 is 0 Å². The van der Waals surface area contributed by atoms with Crippen LogP contribution in [0.25, 0.3) is 0 Å². The monoisotopic (exact) mass is 496 g/mol. The lowest BCUT2D eigenvalue weighted by Crippen LogP contribution is -2.59. The molecule has 1 aliphatic carbocycles. The summed E-state index contributed by atoms with van der Waals surface area (Å²) in [4.78, 5) is 35.9. The lowest BCUT2D eigenvalue weighted by molar-refractivity contribution is -0.197. The van der Waals surface area contributed by atoms with Gasteiger partial charge in [0, 0.05) is 32.6 Å². The van der Waals surface area contributed by atoms with E-state index < -0.39 is 65.5 Å². The van der Waals surface area contributed by atoms with Crippen molar-refractivity contribution in [3.8, 4) is 0 Å². The van der Waals surface area contributed by atoms with Gasteiger partial charge in [-0.2, -0.15) is 0 Å². The highest BCUT2D eigenvalue weighted by atomic mass is 16.6. The number of fused-ring (bicyclic) bond motifs is 5. The van der Waals surface area contributed by atoms with Gasteiger partial charge in [0.2, 0.25) is 0 Å². The van der Waals surface area contributed by atoms with Crippen molar-refractivity contribution in [1.82, 2.24) is 0 Å². The lowest BCUT2D eigenvalue weighted by atomic mass is 9.59. The summed E-state index contributed by atoms with van der Waals surface area (Å²) in [5.74, 6) is -2.05. The summed E-state index contributed by atoms with van der Waals surface area (Å²) >= 11 is 0. The number of hydrogen-bond donors (Lipinski definition) is 2. The molecule has 1 saturated carbocycles. The average Bonchev–Trinajstić information content (AvgIpc) is 3.12. The van der Waals surface area contributed by atoms with Crippen molar-refractivity contribution in [3.63, 3.8) is 0 Å². The molecule has 10 atom stereocenters. The summed E-state index contributed by atoms with van der Waals surface area (Å²) in [5, 5.41) is 23.0. The Morgan fingerprint density at radius 3 is 2.20 bits per heavy atom. The maximum atomic E-state index is 12.2. The van der Waals surface area contributed by atoms with Gasteiger partial charge in [0.1, 0.15) is 35.6 Å². The van der Waals surface area contributed by atoms with Crippen LogP contribution in [-0.4, -0.2) is 69.8 Å². The molecule has 3 rings (SSSR count). The number of aliphatic hydroxyl groups excluding tert-OH is 1. The summed E-state index contributed by atoms with van der Waals surface area (Å²) < 4.78 is 23.4. The maximum Gasteiger partial charge on any atom is 0.303 e. The highest BCUT2D eigenvalue weighted by Crippen LogP contribution is 2.56. The number of aliphatic hydroxyl groups is 2. The Balaban J connectivity index is 2.17. The first-order valence-corrected chi connectivity index (χ1v) is 12.4. The Morgan fingerprint density at radius 2 is 1.69 bits per heavy atom. The molecule has 35 heavy (non-hydrogen) atoms. The summed E-state index contributed by atoms with van der Waals surface area (Å²) in [7, 11) is 0. The Hall–Kier alpha value is -1.97. The zero-order chi connectivity index (χ0) is 26.5. The van der Waals surface area contributed by atoms with Gasteiger partial charge < -0.3 is 29.2 Å². The Bertz CT molecular complexity index is 865. The molecule has 0 radical (unpaired) electrons. The van der Waals surface area contributed by atoms with Crippen molar-refractivity contribution in [2.45, 2.75) is 109 Å². The number of ether oxygens (including phenoxy) is 4. The van der Waals surface area contributed by atoms with E-state index in [0.29, 0.717) is 12.0 Å². The molecule has 2 aliphatic heterocycles. The van der Waals surface area contributed by atoms with Crippen molar-refractivity contribution in [3.05, 3.63) is 12.2 Å². The molecule has 2 bridgehead atoms. The molecule has 0 aromatic heterocycles. The van der Waals surface area contributed by atoms with Crippen LogP contribution in [0.4, 0.5) is 0 Å². The Labute approximate surface area is 207 Å². The van der Waals surface area contributed by atoms with Gasteiger partial charge in [0.25, 0.3) is 0 Å². The number of rotatable bonds is 4. The van der Waals surface area contributed by atoms with E-state index in [2.05, 4.69) is 20.4 Å². The largest absolute Gasteiger partial charge is 0.459 e. The summed E-state index contributed by atoms with van der Waals surface area (Å²) in [6, 6.07) is 0. The third-order valence-electron chi connectivity index (χ3n) is 8.16. The topological polar surface area (TPSA) is 129 Å². The van der Waals surface area contributed by atoms with Crippen LogP contribution in [0.15, 0.2) is 12.2 Å². The molecule has 2 N–H and O–H groups in total. The van der Waals surface area contributed by atoms with E-state index in [9.17, 15) is 24.6 Å². The number of carbonyl (C=O) groups excluding carboxylic acids is 3. The molecule has 0 aromatic rings. The van der Waals surface area contributed by atoms with Crippen molar-refractivity contribution in [1.29, 1.82) is 0 Å². The second-order valence-corrected chi connectivity index (χ2v) is 11.2. The molecular weight excluding hydrogens is 456 g/mol. The zero-order valence-corrected chi connectivity index (χ0v) is 21.8. The minimum Gasteiger partial charge on any atom is -0.459 e. The fourth-order valence-corrected chi connectivity index (χ4v) is 6.53. The summed E-state index contributed by atoms with van der Waals surface area (Å²) in [5.41, 5.74) is -2.39. The molecule has 0 aromatic carbocycles. The SMILES string of the molecule is C=C1[C@@H]2[C@@H]3O[C@H]([C@@H]2[C@@H](C(C)C)C[C@@H]1OC(C)=O)[C@](C)(OC(C)=O)CC[C@H](OC(C)=O)[C@](C)(O)[C@H]3O. The molecule has 2 heterocycles. The minimum absolute atomic E-state index is 0.000533. The van der Waals surface area contributed by atoms with Gasteiger partial charge in [-0.15, -0.1) is 0 Å². The maximum absolute atomic E-state index is 12.2. The van der Waals surface area contributed by atoms with Crippen molar-refractivity contribution < 1.29 is 43.5 Å². The van der Waals surface area contributed by atoms with Crippen LogP contribution in [0.5, 0.6) is 0 Å². The highest BCUT2D eigenvalue weighted by Gasteiger charge is 2.64. The molecule has 0 unspecified atom stereocenters. The van der Waals surface area contributed by atoms with Gasteiger partial charge in [-0.05, 0) is 50.5 Å². The fourth-order valence-electron chi connectivity index (χ4n) is 6.53. The molecule has 9 nitrogen and oxygen atoms in total. The van der Waals surface area contributed by atoms with Crippen LogP contribution >= 0.6 is 0 Å². The highest BCUT2D eigenvalue weighted by molar-refractivity contribution is 5.67. The van der Waals surface area contributed by atoms with E-state index in [1.54, 1.807) is 6.92 Å². The average molecular weight is 497 g/mol. The summed E-state index contributed by atoms with van der Waals surface area (Å²) in [6.45, 7) is 15.5. The van der Waals surface area contributed by atoms with Crippen molar-refractivity contribution in [2.24, 2.45) is 23.7 Å². The van der Waals surface area contributed by atoms with Crippen LogP contribution in [0.2, 0.25) is 0 Å². The van der Waals surface area contributed by atoms with Crippen molar-refractivity contribution >= 4 is 17.9 Å². The molecular formula is C26H40O9. The van der Waals surface area contributed by atoms with E-state index in [0.717, 1.165) is 0 Å². The smallest absolute Gasteiger partial charge is 0.303 e. The van der Waals surface area contributed by atoms with Crippen LogP contribution in [-0.2, 0) is 33.3 Å². The van der Waals surface area contributed by atoms with Gasteiger partial charge in [0.15, 0.2) is 0 Å². The second kappa shape index (κ2) is 9.82. The second-order valence-electron chi connectivity index (χ2n) is 11.2. The third-order valence-corrected chi connectivity index (χ3v) is 8.16. The molecule has 9 heteroatoms. The third kappa shape index (κ3) is 5.13. The summed E-state index contributed by atoms with van der Waals surface area (Å²) in [6.07, 6.45) is -3.74. The normalized spacial score (nSPS) is 43.4. The first-order chi connectivity index (χ1) is 16.1. The standard InChI is InChI=1S/C26H40O9/c1-12(2)17-11-18(32-14(4)27)13(3)20-21(17)24-25(7,35-16(6)29)10-9-19(33-15(5)28)26(8,31)23(30)22(20)34-24/h12,17-24,30-31H,3,9-11H2,1-2,4-8H3/t17-,18+,19+,20+,21-,22+,23+,24-,25-,26+/m1/s1. The van der Waals surface area contributed by atoms with E-state index in [-0.39, 0.29) is 30.6 Å². The van der Waals surface area contributed by atoms with Crippen LogP contribution in [0.1, 0.15) is 67.7 Å². The van der Waals surface area contributed by atoms with Crippen LogP contribution in [0.3, 0.4) is 0 Å². The van der Waals surface area contributed by atoms with E-state index >= 15 is 0 Å². The van der Waals surface area contributed by atoms with Gasteiger partial charge in [-0.25, -0.2) is 0 Å². The lowest BCUT2D eigenvalue weighted by Gasteiger charge is -2.48. The molecule has 198 valence electrons.